The molecule has 0 spiro atoms. The molecule has 3 aromatic carbocycles. The SMILES string of the molecule is Cc1ccc(C2C(C#N)=C3SCN(c4ccc(C)cc4)CN3CN2c2ccc(C)cc2)cc1. The Morgan fingerprint density at radius 1 is 0.727 bits per heavy atom. The summed E-state index contributed by atoms with van der Waals surface area (Å²) in [4.78, 5) is 7.09. The quantitative estimate of drug-likeness (QED) is 0.463. The van der Waals surface area contributed by atoms with E-state index in [9.17, 15) is 5.26 Å². The molecular formula is C28H28N4S. The highest BCUT2D eigenvalue weighted by molar-refractivity contribution is 8.03. The van der Waals surface area contributed by atoms with E-state index in [1.807, 2.05) is 0 Å². The Morgan fingerprint density at radius 2 is 1.27 bits per heavy atom. The molecular weight excluding hydrogens is 424 g/mol. The normalized spacial score (nSPS) is 18.2. The fourth-order valence-electron chi connectivity index (χ4n) is 4.52. The summed E-state index contributed by atoms with van der Waals surface area (Å²) >= 11 is 1.77. The molecule has 166 valence electrons. The van der Waals surface area contributed by atoms with Crippen LogP contribution in [0.3, 0.4) is 0 Å². The lowest BCUT2D eigenvalue weighted by atomic mass is 9.95. The van der Waals surface area contributed by atoms with Crippen LogP contribution >= 0.6 is 11.8 Å². The van der Waals surface area contributed by atoms with E-state index in [4.69, 9.17) is 0 Å². The molecule has 1 saturated heterocycles. The van der Waals surface area contributed by atoms with Crippen molar-refractivity contribution in [2.24, 2.45) is 0 Å². The lowest BCUT2D eigenvalue weighted by Crippen LogP contribution is -2.51. The van der Waals surface area contributed by atoms with E-state index in [1.54, 1.807) is 11.8 Å². The molecule has 2 aliphatic rings. The van der Waals surface area contributed by atoms with Gasteiger partial charge >= 0.3 is 0 Å². The fourth-order valence-corrected chi connectivity index (χ4v) is 5.64. The Morgan fingerprint density at radius 3 is 1.85 bits per heavy atom. The van der Waals surface area contributed by atoms with Crippen LogP contribution in [-0.4, -0.2) is 24.1 Å². The summed E-state index contributed by atoms with van der Waals surface area (Å²) in [5.74, 6) is 0.839. The molecule has 0 aromatic heterocycles. The second kappa shape index (κ2) is 8.88. The largest absolute Gasteiger partial charge is 0.344 e. The molecule has 0 radical (unpaired) electrons. The summed E-state index contributed by atoms with van der Waals surface area (Å²) in [6.07, 6.45) is 0. The first-order chi connectivity index (χ1) is 16.0. The highest BCUT2D eigenvalue weighted by Gasteiger charge is 2.38. The van der Waals surface area contributed by atoms with E-state index in [2.05, 4.69) is 114 Å². The highest BCUT2D eigenvalue weighted by atomic mass is 32.2. The van der Waals surface area contributed by atoms with Gasteiger partial charge in [0.2, 0.25) is 0 Å². The van der Waals surface area contributed by atoms with E-state index in [0.29, 0.717) is 0 Å². The molecule has 2 heterocycles. The zero-order valence-corrected chi connectivity index (χ0v) is 20.1. The Labute approximate surface area is 200 Å². The number of anilines is 2. The molecule has 0 N–H and O–H groups in total. The number of benzene rings is 3. The van der Waals surface area contributed by atoms with Crippen molar-refractivity contribution in [3.63, 3.8) is 0 Å². The number of aryl methyl sites for hydroxylation is 3. The number of thioether (sulfide) groups is 1. The Hall–Kier alpha value is -3.36. The number of fused-ring (bicyclic) bond motifs is 1. The number of rotatable bonds is 3. The molecule has 0 bridgehead atoms. The van der Waals surface area contributed by atoms with Gasteiger partial charge < -0.3 is 14.7 Å². The van der Waals surface area contributed by atoms with Gasteiger partial charge in [-0.05, 0) is 50.6 Å². The van der Waals surface area contributed by atoms with E-state index in [-0.39, 0.29) is 6.04 Å². The Bertz CT molecular complexity index is 1210. The summed E-state index contributed by atoms with van der Waals surface area (Å²) < 4.78 is 0. The zero-order valence-electron chi connectivity index (χ0n) is 19.3. The third-order valence-electron chi connectivity index (χ3n) is 6.40. The van der Waals surface area contributed by atoms with Gasteiger partial charge in [0.15, 0.2) is 0 Å². The van der Waals surface area contributed by atoms with Crippen molar-refractivity contribution in [1.29, 1.82) is 5.26 Å². The van der Waals surface area contributed by atoms with Gasteiger partial charge in [-0.25, -0.2) is 0 Å². The second-order valence-electron chi connectivity index (χ2n) is 8.92. The van der Waals surface area contributed by atoms with Crippen LogP contribution in [-0.2, 0) is 0 Å². The maximum atomic E-state index is 10.4. The first-order valence-corrected chi connectivity index (χ1v) is 12.3. The van der Waals surface area contributed by atoms with Gasteiger partial charge in [0.25, 0.3) is 0 Å². The predicted octanol–water partition coefficient (Wildman–Crippen LogP) is 6.34. The van der Waals surface area contributed by atoms with Crippen molar-refractivity contribution in [2.75, 3.05) is 29.0 Å². The van der Waals surface area contributed by atoms with Crippen molar-refractivity contribution in [3.05, 3.63) is 106 Å². The third kappa shape index (κ3) is 4.19. The van der Waals surface area contributed by atoms with E-state index < -0.39 is 0 Å². The molecule has 4 nitrogen and oxygen atoms in total. The molecule has 0 amide bonds. The Balaban J connectivity index is 1.56. The number of hydrogen-bond donors (Lipinski definition) is 0. The molecule has 33 heavy (non-hydrogen) atoms. The van der Waals surface area contributed by atoms with Crippen LogP contribution < -0.4 is 9.80 Å². The average Bonchev–Trinajstić information content (AvgIpc) is 2.84. The Kier molecular flexibility index (Phi) is 5.78. The highest BCUT2D eigenvalue weighted by Crippen LogP contribution is 2.44. The van der Waals surface area contributed by atoms with Crippen LogP contribution in [0.2, 0.25) is 0 Å². The minimum absolute atomic E-state index is 0.0945. The summed E-state index contributed by atoms with van der Waals surface area (Å²) in [5, 5.41) is 11.5. The molecule has 5 heteroatoms. The van der Waals surface area contributed by atoms with Crippen molar-refractivity contribution in [2.45, 2.75) is 26.8 Å². The van der Waals surface area contributed by atoms with E-state index in [1.165, 1.54) is 22.4 Å². The van der Waals surface area contributed by atoms with Gasteiger partial charge in [-0.2, -0.15) is 5.26 Å². The summed E-state index contributed by atoms with van der Waals surface area (Å²) in [5.41, 5.74) is 8.07. The minimum Gasteiger partial charge on any atom is -0.344 e. The number of nitrogens with zero attached hydrogens (tertiary/aromatic N) is 4. The van der Waals surface area contributed by atoms with Gasteiger partial charge in [-0.1, -0.05) is 77.0 Å². The summed E-state index contributed by atoms with van der Waals surface area (Å²) in [6.45, 7) is 7.82. The molecule has 1 unspecified atom stereocenters. The second-order valence-corrected chi connectivity index (χ2v) is 9.85. The van der Waals surface area contributed by atoms with Crippen LogP contribution in [0.15, 0.2) is 83.4 Å². The molecule has 2 aliphatic heterocycles. The molecule has 0 saturated carbocycles. The molecule has 1 fully saturated rings. The van der Waals surface area contributed by atoms with Crippen LogP contribution in [0.25, 0.3) is 0 Å². The zero-order chi connectivity index (χ0) is 22.9. The number of hydrogen-bond acceptors (Lipinski definition) is 5. The lowest BCUT2D eigenvalue weighted by Gasteiger charge is -2.48. The summed E-state index contributed by atoms with van der Waals surface area (Å²) in [6, 6.07) is 28.5. The fraction of sp³-hybridized carbons (Fsp3) is 0.250. The van der Waals surface area contributed by atoms with Crippen LogP contribution in [0.4, 0.5) is 11.4 Å². The molecule has 0 aliphatic carbocycles. The maximum absolute atomic E-state index is 10.4. The lowest BCUT2D eigenvalue weighted by molar-refractivity contribution is 0.326. The van der Waals surface area contributed by atoms with Crippen LogP contribution in [0.5, 0.6) is 0 Å². The monoisotopic (exact) mass is 452 g/mol. The van der Waals surface area contributed by atoms with E-state index >= 15 is 0 Å². The third-order valence-corrected chi connectivity index (χ3v) is 7.59. The maximum Gasteiger partial charge on any atom is 0.100 e. The minimum atomic E-state index is -0.0945. The van der Waals surface area contributed by atoms with Gasteiger partial charge in [-0.15, -0.1) is 0 Å². The molecule has 1 atom stereocenters. The number of nitriles is 1. The van der Waals surface area contributed by atoms with E-state index in [0.717, 1.165) is 41.1 Å². The first kappa shape index (κ1) is 21.5. The van der Waals surface area contributed by atoms with Crippen LogP contribution in [0, 0.1) is 32.1 Å². The summed E-state index contributed by atoms with van der Waals surface area (Å²) in [7, 11) is 0. The van der Waals surface area contributed by atoms with Gasteiger partial charge in [0.1, 0.15) is 6.07 Å². The molecule has 3 aromatic rings. The van der Waals surface area contributed by atoms with Crippen molar-refractivity contribution < 1.29 is 0 Å². The van der Waals surface area contributed by atoms with Gasteiger partial charge in [-0.3, -0.25) is 0 Å². The topological polar surface area (TPSA) is 33.5 Å². The first-order valence-electron chi connectivity index (χ1n) is 11.3. The van der Waals surface area contributed by atoms with Crippen LogP contribution in [0.1, 0.15) is 28.3 Å². The van der Waals surface area contributed by atoms with Crippen molar-refractivity contribution >= 4 is 23.1 Å². The average molecular weight is 453 g/mol. The van der Waals surface area contributed by atoms with Gasteiger partial charge in [0, 0.05) is 11.4 Å². The van der Waals surface area contributed by atoms with Crippen molar-refractivity contribution in [1.82, 2.24) is 4.90 Å². The van der Waals surface area contributed by atoms with Crippen molar-refractivity contribution in [3.8, 4) is 6.07 Å². The molecule has 5 rings (SSSR count). The van der Waals surface area contributed by atoms with Gasteiger partial charge in [0.05, 0.1) is 35.9 Å². The predicted molar refractivity (Wildman–Crippen MR) is 138 cm³/mol. The smallest absolute Gasteiger partial charge is 0.100 e. The standard InChI is InChI=1S/C28H28N4S/c1-20-4-10-23(11-5-20)27-26(16-29)28-30(18-32(27)25-14-8-22(3)9-15-25)17-31(19-33-28)24-12-6-21(2)7-13-24/h4-15,27H,17-19H2,1-3H3.